The van der Waals surface area contributed by atoms with E-state index < -0.39 is 30.0 Å². The van der Waals surface area contributed by atoms with Gasteiger partial charge < -0.3 is 19.5 Å². The molecule has 0 saturated heterocycles. The van der Waals surface area contributed by atoms with Crippen LogP contribution in [0.4, 0.5) is 0 Å². The van der Waals surface area contributed by atoms with E-state index in [1.54, 1.807) is 24.3 Å². The molecule has 0 heterocycles. The van der Waals surface area contributed by atoms with Crippen molar-refractivity contribution in [3.05, 3.63) is 35.9 Å². The molecule has 23 heavy (non-hydrogen) atoms. The zero-order valence-corrected chi connectivity index (χ0v) is 13.4. The molecular weight excluding hydrogens is 302 g/mol. The fourth-order valence-electron chi connectivity index (χ4n) is 2.03. The third-order valence-corrected chi connectivity index (χ3v) is 3.24. The predicted molar refractivity (Wildman–Crippen MR) is 81.4 cm³/mol. The van der Waals surface area contributed by atoms with Crippen LogP contribution >= 0.6 is 0 Å². The molecule has 0 bridgehead atoms. The highest BCUT2D eigenvalue weighted by Gasteiger charge is 2.27. The third-order valence-electron chi connectivity index (χ3n) is 3.24. The Balaban J connectivity index is 2.78. The summed E-state index contributed by atoms with van der Waals surface area (Å²) in [4.78, 5) is 35.3. The number of nitrogens with one attached hydrogen (secondary N) is 1. The van der Waals surface area contributed by atoms with Crippen LogP contribution in [0.1, 0.15) is 24.5 Å². The normalized spacial score (nSPS) is 12.8. The van der Waals surface area contributed by atoms with Crippen molar-refractivity contribution in [3.63, 3.8) is 0 Å². The first kappa shape index (κ1) is 18.6. The van der Waals surface area contributed by atoms with Crippen molar-refractivity contribution in [3.8, 4) is 0 Å². The van der Waals surface area contributed by atoms with Crippen LogP contribution in [0.25, 0.3) is 0 Å². The van der Waals surface area contributed by atoms with Gasteiger partial charge in [-0.2, -0.15) is 0 Å². The van der Waals surface area contributed by atoms with Gasteiger partial charge in [0.15, 0.2) is 6.10 Å². The molecule has 126 valence electrons. The maximum Gasteiger partial charge on any atom is 0.328 e. The van der Waals surface area contributed by atoms with Crippen LogP contribution in [0, 0.1) is 0 Å². The van der Waals surface area contributed by atoms with Crippen molar-refractivity contribution in [2.45, 2.75) is 25.0 Å². The molecule has 0 unspecified atom stereocenters. The average Bonchev–Trinajstić information content (AvgIpc) is 2.59. The molecule has 1 aromatic rings. The van der Waals surface area contributed by atoms with E-state index in [9.17, 15) is 14.4 Å². The van der Waals surface area contributed by atoms with Crippen LogP contribution in [-0.4, -0.2) is 45.2 Å². The predicted octanol–water partition coefficient (Wildman–Crippen LogP) is 0.985. The van der Waals surface area contributed by atoms with Crippen LogP contribution < -0.4 is 5.32 Å². The molecule has 2 atom stereocenters. The number of ether oxygens (including phenoxy) is 3. The minimum absolute atomic E-state index is 0.0144. The Bertz CT molecular complexity index is 531. The van der Waals surface area contributed by atoms with E-state index in [0.29, 0.717) is 5.56 Å². The maximum atomic E-state index is 12.4. The summed E-state index contributed by atoms with van der Waals surface area (Å²) < 4.78 is 14.4. The second-order valence-electron chi connectivity index (χ2n) is 4.73. The van der Waals surface area contributed by atoms with Crippen molar-refractivity contribution in [1.29, 1.82) is 0 Å². The van der Waals surface area contributed by atoms with Crippen LogP contribution in [0.15, 0.2) is 30.3 Å². The lowest BCUT2D eigenvalue weighted by Crippen LogP contribution is -2.44. The lowest BCUT2D eigenvalue weighted by Gasteiger charge is -2.20. The Kier molecular flexibility index (Phi) is 7.76. The molecule has 0 aliphatic rings. The summed E-state index contributed by atoms with van der Waals surface area (Å²) in [6, 6.07) is 7.92. The molecule has 1 amide bonds. The Morgan fingerprint density at radius 2 is 1.70 bits per heavy atom. The molecule has 0 aliphatic carbocycles. The van der Waals surface area contributed by atoms with Crippen LogP contribution in [0.3, 0.4) is 0 Å². The molecule has 0 spiro atoms. The Morgan fingerprint density at radius 3 is 2.22 bits per heavy atom. The molecule has 0 aliphatic heterocycles. The van der Waals surface area contributed by atoms with Gasteiger partial charge in [-0.15, -0.1) is 0 Å². The van der Waals surface area contributed by atoms with E-state index >= 15 is 0 Å². The second-order valence-corrected chi connectivity index (χ2v) is 4.73. The van der Waals surface area contributed by atoms with Gasteiger partial charge in [-0.05, 0) is 12.0 Å². The van der Waals surface area contributed by atoms with Gasteiger partial charge in [-0.1, -0.05) is 30.3 Å². The van der Waals surface area contributed by atoms with E-state index in [-0.39, 0.29) is 12.8 Å². The van der Waals surface area contributed by atoms with Crippen molar-refractivity contribution in [2.24, 2.45) is 0 Å². The molecular formula is C16H21NO6. The maximum absolute atomic E-state index is 12.4. The number of amides is 1. The van der Waals surface area contributed by atoms with Crippen molar-refractivity contribution in [1.82, 2.24) is 5.32 Å². The summed E-state index contributed by atoms with van der Waals surface area (Å²) in [6.45, 7) is 0. The number of rotatable bonds is 8. The van der Waals surface area contributed by atoms with E-state index in [0.717, 1.165) is 0 Å². The van der Waals surface area contributed by atoms with Crippen molar-refractivity contribution >= 4 is 17.8 Å². The lowest BCUT2D eigenvalue weighted by atomic mass is 10.1. The fraction of sp³-hybridized carbons (Fsp3) is 0.438. The molecule has 7 heteroatoms. The Morgan fingerprint density at radius 1 is 1.04 bits per heavy atom. The number of esters is 2. The molecule has 1 N–H and O–H groups in total. The van der Waals surface area contributed by atoms with Gasteiger partial charge in [0.1, 0.15) is 6.04 Å². The van der Waals surface area contributed by atoms with Crippen LogP contribution in [0.5, 0.6) is 0 Å². The van der Waals surface area contributed by atoms with Gasteiger partial charge in [0.25, 0.3) is 5.91 Å². The molecule has 1 aromatic carbocycles. The molecule has 0 aromatic heterocycles. The smallest absolute Gasteiger partial charge is 0.328 e. The number of benzene rings is 1. The van der Waals surface area contributed by atoms with Crippen LogP contribution in [0.2, 0.25) is 0 Å². The van der Waals surface area contributed by atoms with Gasteiger partial charge in [0.05, 0.1) is 14.2 Å². The zero-order valence-electron chi connectivity index (χ0n) is 13.4. The summed E-state index contributed by atoms with van der Waals surface area (Å²) in [5.74, 6) is -1.59. The molecule has 1 rings (SSSR count). The highest BCUT2D eigenvalue weighted by molar-refractivity contribution is 5.88. The van der Waals surface area contributed by atoms with Gasteiger partial charge in [-0.25, -0.2) is 4.79 Å². The minimum Gasteiger partial charge on any atom is -0.469 e. The SMILES string of the molecule is COC(=O)CC[C@H](NC(=O)[C@H](OC)c1ccccc1)C(=O)OC. The summed E-state index contributed by atoms with van der Waals surface area (Å²) in [7, 11) is 3.87. The first-order valence-corrected chi connectivity index (χ1v) is 7.06. The highest BCUT2D eigenvalue weighted by atomic mass is 16.5. The van der Waals surface area contributed by atoms with Crippen molar-refractivity contribution in [2.75, 3.05) is 21.3 Å². The zero-order chi connectivity index (χ0) is 17.2. The second kappa shape index (κ2) is 9.58. The monoisotopic (exact) mass is 323 g/mol. The van der Waals surface area contributed by atoms with Gasteiger partial charge in [-0.3, -0.25) is 9.59 Å². The fourth-order valence-corrected chi connectivity index (χ4v) is 2.03. The first-order valence-electron chi connectivity index (χ1n) is 7.06. The standard InChI is InChI=1S/C16H21NO6/c1-21-13(18)10-9-12(16(20)23-3)17-15(19)14(22-2)11-7-5-4-6-8-11/h4-8,12,14H,9-10H2,1-3H3,(H,17,19)/t12-,14+/m0/s1. The van der Waals surface area contributed by atoms with Crippen molar-refractivity contribution < 1.29 is 28.6 Å². The number of hydrogen-bond donors (Lipinski definition) is 1. The minimum atomic E-state index is -0.951. The third kappa shape index (κ3) is 5.71. The Hall–Kier alpha value is -2.41. The Labute approximate surface area is 134 Å². The lowest BCUT2D eigenvalue weighted by molar-refractivity contribution is -0.148. The van der Waals surface area contributed by atoms with Gasteiger partial charge in [0.2, 0.25) is 0 Å². The topological polar surface area (TPSA) is 90.9 Å². The molecule has 7 nitrogen and oxygen atoms in total. The largest absolute Gasteiger partial charge is 0.469 e. The number of hydrogen-bond acceptors (Lipinski definition) is 6. The van der Waals surface area contributed by atoms with Gasteiger partial charge in [0, 0.05) is 13.5 Å². The average molecular weight is 323 g/mol. The summed E-state index contributed by atoms with van der Waals surface area (Å²) in [5, 5.41) is 2.55. The first-order chi connectivity index (χ1) is 11.0. The van der Waals surface area contributed by atoms with Crippen LogP contribution in [-0.2, 0) is 28.6 Å². The summed E-state index contributed by atoms with van der Waals surface area (Å²) >= 11 is 0. The highest BCUT2D eigenvalue weighted by Crippen LogP contribution is 2.17. The van der Waals surface area contributed by atoms with E-state index in [4.69, 9.17) is 4.74 Å². The van der Waals surface area contributed by atoms with E-state index in [1.165, 1.54) is 21.3 Å². The summed E-state index contributed by atoms with van der Waals surface area (Å²) in [6.07, 6.45) is -0.794. The number of carbonyl (C=O) groups excluding carboxylic acids is 3. The van der Waals surface area contributed by atoms with E-state index in [1.807, 2.05) is 6.07 Å². The summed E-state index contributed by atoms with van der Waals surface area (Å²) in [5.41, 5.74) is 0.657. The molecule has 0 saturated carbocycles. The van der Waals surface area contributed by atoms with Gasteiger partial charge >= 0.3 is 11.9 Å². The number of carbonyl (C=O) groups is 3. The molecule has 0 fully saturated rings. The molecule has 0 radical (unpaired) electrons. The number of methoxy groups -OCH3 is 3. The quantitative estimate of drug-likeness (QED) is 0.717. The van der Waals surface area contributed by atoms with E-state index in [2.05, 4.69) is 14.8 Å².